The Hall–Kier alpha value is -0.980. The summed E-state index contributed by atoms with van der Waals surface area (Å²) in [6, 6.07) is 21.3. The summed E-state index contributed by atoms with van der Waals surface area (Å²) in [7, 11) is -1.19. The largest absolute Gasteiger partial charge is 0.259 e. The summed E-state index contributed by atoms with van der Waals surface area (Å²) in [4.78, 5) is 0.323. The molecular weight excluding hydrogens is 283 g/mol. The van der Waals surface area contributed by atoms with Gasteiger partial charge in [0.1, 0.15) is 0 Å². The summed E-state index contributed by atoms with van der Waals surface area (Å²) in [5.74, 6) is 0.878. The van der Waals surface area contributed by atoms with Crippen LogP contribution >= 0.6 is 7.92 Å². The van der Waals surface area contributed by atoms with Crippen LogP contribution in [0.2, 0.25) is 0 Å². The highest BCUT2D eigenvalue weighted by Gasteiger charge is 2.31. The Balaban J connectivity index is 2.02. The maximum atomic E-state index is 12.5. The molecule has 1 nitrogen and oxygen atoms in total. The molecule has 0 radical (unpaired) electrons. The second-order valence-corrected chi connectivity index (χ2v) is 9.56. The van der Waals surface area contributed by atoms with Gasteiger partial charge in [-0.2, -0.15) is 0 Å². The quantitative estimate of drug-likeness (QED) is 0.794. The van der Waals surface area contributed by atoms with Gasteiger partial charge in [-0.05, 0) is 31.4 Å². The Morgan fingerprint density at radius 2 is 1.40 bits per heavy atom. The Kier molecular flexibility index (Phi) is 4.65. The average Bonchev–Trinajstić information content (AvgIpc) is 2.52. The van der Waals surface area contributed by atoms with Gasteiger partial charge in [0, 0.05) is 16.6 Å². The van der Waals surface area contributed by atoms with Gasteiger partial charge in [-0.25, -0.2) is 0 Å². The molecule has 1 saturated heterocycles. The summed E-state index contributed by atoms with van der Waals surface area (Å²) < 4.78 is 12.5. The molecule has 0 amide bonds. The highest BCUT2D eigenvalue weighted by atomic mass is 32.2. The molecule has 0 bridgehead atoms. The first-order valence-corrected chi connectivity index (χ1v) is 9.92. The zero-order chi connectivity index (χ0) is 13.8. The zero-order valence-electron chi connectivity index (χ0n) is 11.4. The molecular formula is C17H19OPS. The van der Waals surface area contributed by atoms with Crippen molar-refractivity contribution in [3.05, 3.63) is 60.7 Å². The molecule has 104 valence electrons. The number of rotatable bonds is 3. The van der Waals surface area contributed by atoms with Gasteiger partial charge in [-0.1, -0.05) is 67.1 Å². The molecule has 0 aromatic heterocycles. The molecule has 1 heterocycles. The molecule has 3 heteroatoms. The molecule has 3 rings (SSSR count). The molecule has 0 spiro atoms. The van der Waals surface area contributed by atoms with Gasteiger partial charge in [0.15, 0.2) is 0 Å². The molecule has 1 aliphatic heterocycles. The predicted octanol–water partition coefficient (Wildman–Crippen LogP) is 3.38. The van der Waals surface area contributed by atoms with Gasteiger partial charge in [0.05, 0.1) is 4.99 Å². The van der Waals surface area contributed by atoms with Gasteiger partial charge in [0.2, 0.25) is 0 Å². The summed E-state index contributed by atoms with van der Waals surface area (Å²) in [6.45, 7) is 0. The highest BCUT2D eigenvalue weighted by molar-refractivity contribution is 7.97. The second kappa shape index (κ2) is 6.65. The van der Waals surface area contributed by atoms with E-state index < -0.39 is 18.7 Å². The summed E-state index contributed by atoms with van der Waals surface area (Å²) in [5.41, 5.74) is 0. The van der Waals surface area contributed by atoms with E-state index in [0.717, 1.165) is 18.6 Å². The van der Waals surface area contributed by atoms with E-state index in [-0.39, 0.29) is 0 Å². The van der Waals surface area contributed by atoms with E-state index in [1.807, 2.05) is 0 Å². The van der Waals surface area contributed by atoms with Crippen LogP contribution in [0.25, 0.3) is 0 Å². The van der Waals surface area contributed by atoms with Gasteiger partial charge < -0.3 is 0 Å². The highest BCUT2D eigenvalue weighted by Crippen LogP contribution is 2.45. The number of hydrogen-bond acceptors (Lipinski definition) is 1. The van der Waals surface area contributed by atoms with E-state index in [4.69, 9.17) is 0 Å². The molecule has 0 aliphatic carbocycles. The monoisotopic (exact) mass is 302 g/mol. The minimum Gasteiger partial charge on any atom is -0.259 e. The molecule has 1 aliphatic rings. The average molecular weight is 302 g/mol. The van der Waals surface area contributed by atoms with E-state index in [1.54, 1.807) is 0 Å². The van der Waals surface area contributed by atoms with E-state index >= 15 is 0 Å². The Morgan fingerprint density at radius 1 is 0.850 bits per heavy atom. The minimum absolute atomic E-state index is 0.323. The SMILES string of the molecule is O=S1CCCCC1P(c1ccccc1)c1ccccc1. The van der Waals surface area contributed by atoms with Crippen molar-refractivity contribution in [2.45, 2.75) is 24.3 Å². The van der Waals surface area contributed by atoms with Crippen molar-refractivity contribution in [1.82, 2.24) is 0 Å². The Labute approximate surface area is 124 Å². The van der Waals surface area contributed by atoms with Crippen LogP contribution in [0.4, 0.5) is 0 Å². The Morgan fingerprint density at radius 3 is 1.90 bits per heavy atom. The van der Waals surface area contributed by atoms with Crippen molar-refractivity contribution in [3.8, 4) is 0 Å². The topological polar surface area (TPSA) is 17.1 Å². The molecule has 0 N–H and O–H groups in total. The molecule has 2 aromatic rings. The van der Waals surface area contributed by atoms with Crippen LogP contribution in [-0.4, -0.2) is 15.0 Å². The maximum Gasteiger partial charge on any atom is 0.0628 e. The van der Waals surface area contributed by atoms with E-state index in [2.05, 4.69) is 60.7 Å². The number of benzene rings is 2. The zero-order valence-corrected chi connectivity index (χ0v) is 13.2. The van der Waals surface area contributed by atoms with Crippen molar-refractivity contribution < 1.29 is 4.21 Å². The minimum atomic E-state index is -0.680. The van der Waals surface area contributed by atoms with Gasteiger partial charge in [0.25, 0.3) is 0 Å². The molecule has 2 unspecified atom stereocenters. The lowest BCUT2D eigenvalue weighted by molar-refractivity contribution is 0.649. The van der Waals surface area contributed by atoms with Gasteiger partial charge >= 0.3 is 0 Å². The third-order valence-electron chi connectivity index (χ3n) is 3.71. The smallest absolute Gasteiger partial charge is 0.0628 e. The fourth-order valence-corrected chi connectivity index (χ4v) is 8.30. The lowest BCUT2D eigenvalue weighted by Crippen LogP contribution is -2.29. The van der Waals surface area contributed by atoms with Gasteiger partial charge in [-0.15, -0.1) is 0 Å². The van der Waals surface area contributed by atoms with Crippen LogP contribution in [0.1, 0.15) is 19.3 Å². The van der Waals surface area contributed by atoms with Crippen LogP contribution in [0, 0.1) is 0 Å². The lowest BCUT2D eigenvalue weighted by Gasteiger charge is -2.30. The fourth-order valence-electron chi connectivity index (χ4n) is 2.74. The van der Waals surface area contributed by atoms with Gasteiger partial charge in [-0.3, -0.25) is 4.21 Å². The normalized spacial score (nSPS) is 22.9. The molecule has 2 aromatic carbocycles. The second-order valence-electron chi connectivity index (χ2n) is 5.08. The Bertz CT molecular complexity index is 531. The van der Waals surface area contributed by atoms with E-state index in [1.165, 1.54) is 17.0 Å². The molecule has 1 fully saturated rings. The summed E-state index contributed by atoms with van der Waals surface area (Å²) >= 11 is 0. The van der Waals surface area contributed by atoms with Crippen molar-refractivity contribution in [1.29, 1.82) is 0 Å². The first kappa shape index (κ1) is 14.0. The molecule has 20 heavy (non-hydrogen) atoms. The van der Waals surface area contributed by atoms with Crippen LogP contribution in [-0.2, 0) is 10.8 Å². The van der Waals surface area contributed by atoms with Crippen molar-refractivity contribution >= 4 is 29.3 Å². The lowest BCUT2D eigenvalue weighted by atomic mass is 10.3. The third kappa shape index (κ3) is 3.02. The van der Waals surface area contributed by atoms with Crippen molar-refractivity contribution in [2.24, 2.45) is 0 Å². The van der Waals surface area contributed by atoms with Crippen molar-refractivity contribution in [3.63, 3.8) is 0 Å². The number of hydrogen-bond donors (Lipinski definition) is 0. The van der Waals surface area contributed by atoms with Crippen LogP contribution in [0.15, 0.2) is 60.7 Å². The third-order valence-corrected chi connectivity index (χ3v) is 9.12. The van der Waals surface area contributed by atoms with Crippen LogP contribution in [0.5, 0.6) is 0 Å². The predicted molar refractivity (Wildman–Crippen MR) is 89.7 cm³/mol. The summed E-state index contributed by atoms with van der Waals surface area (Å²) in [6.07, 6.45) is 3.44. The van der Waals surface area contributed by atoms with Crippen LogP contribution < -0.4 is 10.6 Å². The summed E-state index contributed by atoms with van der Waals surface area (Å²) in [5, 5.41) is 2.71. The van der Waals surface area contributed by atoms with E-state index in [9.17, 15) is 4.21 Å². The standard InChI is InChI=1S/C17H19OPS/c18-20-14-8-7-13-17(20)19(15-9-3-1-4-10-15)16-11-5-2-6-12-16/h1-6,9-12,17H,7-8,13-14H2. The fraction of sp³-hybridized carbons (Fsp3) is 0.294. The first-order valence-electron chi connectivity index (χ1n) is 7.13. The first-order chi connectivity index (χ1) is 9.86. The molecule has 2 atom stereocenters. The van der Waals surface area contributed by atoms with Crippen LogP contribution in [0.3, 0.4) is 0 Å². The maximum absolute atomic E-state index is 12.5. The van der Waals surface area contributed by atoms with Crippen molar-refractivity contribution in [2.75, 3.05) is 5.75 Å². The van der Waals surface area contributed by atoms with E-state index in [0.29, 0.717) is 4.99 Å². The molecule has 0 saturated carbocycles.